The Morgan fingerprint density at radius 1 is 0.955 bits per heavy atom. The maximum atomic E-state index is 10.6. The Hall–Kier alpha value is -0.930. The molecule has 0 aromatic rings. The van der Waals surface area contributed by atoms with Crippen molar-refractivity contribution >= 4 is 6.29 Å². The van der Waals surface area contributed by atoms with Crippen molar-refractivity contribution in [2.24, 2.45) is 5.92 Å². The van der Waals surface area contributed by atoms with E-state index in [4.69, 9.17) is 9.47 Å². The van der Waals surface area contributed by atoms with E-state index in [1.165, 1.54) is 32.1 Å². The Bertz CT molecular complexity index is 272. The molecule has 0 aromatic heterocycles. The van der Waals surface area contributed by atoms with Gasteiger partial charge in [-0.25, -0.2) is 0 Å². The fraction of sp³-hybridized carbons (Fsp3) is 0.737. The van der Waals surface area contributed by atoms with Crippen LogP contribution >= 0.6 is 0 Å². The zero-order chi connectivity index (χ0) is 16.5. The monoisotopic (exact) mass is 310 g/mol. The first kappa shape index (κ1) is 21.1. The first-order chi connectivity index (χ1) is 10.8. The van der Waals surface area contributed by atoms with Gasteiger partial charge < -0.3 is 14.3 Å². The van der Waals surface area contributed by atoms with E-state index in [2.05, 4.69) is 18.7 Å². The van der Waals surface area contributed by atoms with E-state index in [9.17, 15) is 4.79 Å². The van der Waals surface area contributed by atoms with Crippen molar-refractivity contribution in [1.82, 2.24) is 0 Å². The van der Waals surface area contributed by atoms with Crippen LogP contribution in [-0.2, 0) is 14.3 Å². The highest BCUT2D eigenvalue weighted by atomic mass is 16.7. The normalized spacial score (nSPS) is 12.9. The molecule has 0 heterocycles. The van der Waals surface area contributed by atoms with Crippen LogP contribution in [0.2, 0.25) is 0 Å². The van der Waals surface area contributed by atoms with E-state index >= 15 is 0 Å². The number of hydrogen-bond donors (Lipinski definition) is 0. The van der Waals surface area contributed by atoms with Crippen LogP contribution in [0, 0.1) is 5.92 Å². The first-order valence-electron chi connectivity index (χ1n) is 8.74. The zero-order valence-electron chi connectivity index (χ0n) is 14.5. The molecule has 0 rings (SSSR count). The summed E-state index contributed by atoms with van der Waals surface area (Å²) in [6.07, 6.45) is 15.9. The summed E-state index contributed by atoms with van der Waals surface area (Å²) in [6, 6.07) is 0. The summed E-state index contributed by atoms with van der Waals surface area (Å²) >= 11 is 0. The molecule has 0 aliphatic heterocycles. The molecule has 0 saturated heterocycles. The molecule has 22 heavy (non-hydrogen) atoms. The highest BCUT2D eigenvalue weighted by Gasteiger charge is 2.06. The van der Waals surface area contributed by atoms with Gasteiger partial charge in [-0.15, -0.1) is 6.58 Å². The molecule has 0 spiro atoms. The minimum atomic E-state index is -0.0279. The zero-order valence-corrected chi connectivity index (χ0v) is 14.5. The number of carbonyl (C=O) groups is 1. The second-order valence-corrected chi connectivity index (χ2v) is 5.43. The van der Waals surface area contributed by atoms with Crippen LogP contribution in [-0.4, -0.2) is 25.8 Å². The van der Waals surface area contributed by atoms with Gasteiger partial charge in [0.05, 0.1) is 0 Å². The molecule has 0 saturated carbocycles. The lowest BCUT2D eigenvalue weighted by atomic mass is 10.1. The van der Waals surface area contributed by atoms with Gasteiger partial charge in [-0.05, 0) is 46.0 Å². The maximum Gasteiger partial charge on any atom is 0.157 e. The van der Waals surface area contributed by atoms with E-state index in [0.29, 0.717) is 13.2 Å². The second kappa shape index (κ2) is 16.4. The third-order valence-electron chi connectivity index (χ3n) is 3.57. The van der Waals surface area contributed by atoms with E-state index in [1.54, 1.807) is 6.08 Å². The molecular formula is C19H34O3. The van der Waals surface area contributed by atoms with Crippen molar-refractivity contribution in [1.29, 1.82) is 0 Å². The second-order valence-electron chi connectivity index (χ2n) is 5.43. The van der Waals surface area contributed by atoms with Crippen molar-refractivity contribution in [3.8, 4) is 0 Å². The van der Waals surface area contributed by atoms with E-state index < -0.39 is 0 Å². The van der Waals surface area contributed by atoms with Gasteiger partial charge in [0.2, 0.25) is 0 Å². The number of rotatable bonds is 16. The number of ether oxygens (including phenoxy) is 2. The van der Waals surface area contributed by atoms with Crippen LogP contribution < -0.4 is 0 Å². The predicted molar refractivity (Wildman–Crippen MR) is 92.9 cm³/mol. The fourth-order valence-corrected chi connectivity index (χ4v) is 2.27. The first-order valence-corrected chi connectivity index (χ1v) is 8.74. The lowest BCUT2D eigenvalue weighted by Gasteiger charge is -2.16. The van der Waals surface area contributed by atoms with Crippen LogP contribution in [0.25, 0.3) is 0 Å². The van der Waals surface area contributed by atoms with Gasteiger partial charge in [0, 0.05) is 19.1 Å². The van der Waals surface area contributed by atoms with Gasteiger partial charge in [-0.2, -0.15) is 0 Å². The number of unbranched alkanes of at least 4 members (excludes halogenated alkanes) is 5. The quantitative estimate of drug-likeness (QED) is 0.173. The Balaban J connectivity index is 3.44. The fourth-order valence-electron chi connectivity index (χ4n) is 2.27. The molecule has 0 radical (unpaired) electrons. The SMILES string of the molecule is C=CC(C=O)CC=CCCCCCCCC(OCC)OCC. The van der Waals surface area contributed by atoms with Crippen molar-refractivity contribution in [2.45, 2.75) is 71.5 Å². The lowest BCUT2D eigenvalue weighted by molar-refractivity contribution is -0.140. The average Bonchev–Trinajstić information content (AvgIpc) is 2.53. The Kier molecular flexibility index (Phi) is 15.7. The summed E-state index contributed by atoms with van der Waals surface area (Å²) in [4.78, 5) is 10.6. The number of allylic oxidation sites excluding steroid dienone is 3. The molecule has 0 bridgehead atoms. The molecule has 0 fully saturated rings. The van der Waals surface area contributed by atoms with E-state index in [0.717, 1.165) is 25.5 Å². The summed E-state index contributed by atoms with van der Waals surface area (Å²) in [5.41, 5.74) is 0. The molecule has 128 valence electrons. The van der Waals surface area contributed by atoms with Crippen LogP contribution in [0.4, 0.5) is 0 Å². The van der Waals surface area contributed by atoms with E-state index in [1.807, 2.05) is 13.8 Å². The topological polar surface area (TPSA) is 35.5 Å². The Morgan fingerprint density at radius 3 is 2.18 bits per heavy atom. The minimum Gasteiger partial charge on any atom is -0.353 e. The van der Waals surface area contributed by atoms with Gasteiger partial charge in [-0.1, -0.05) is 37.5 Å². The van der Waals surface area contributed by atoms with Crippen LogP contribution in [0.15, 0.2) is 24.8 Å². The maximum absolute atomic E-state index is 10.6. The molecule has 3 nitrogen and oxygen atoms in total. The number of hydrogen-bond acceptors (Lipinski definition) is 3. The standard InChI is InChI=1S/C19H34O3/c1-4-18(17-20)15-13-11-9-7-8-10-12-14-16-19(21-5-2)22-6-3/h4,11,13,17-19H,1,5-10,12,14-16H2,2-3H3. The molecule has 0 aliphatic carbocycles. The van der Waals surface area contributed by atoms with E-state index in [-0.39, 0.29) is 12.2 Å². The van der Waals surface area contributed by atoms with Gasteiger partial charge in [-0.3, -0.25) is 0 Å². The predicted octanol–water partition coefficient (Wildman–Crippen LogP) is 5.06. The van der Waals surface area contributed by atoms with Crippen molar-refractivity contribution in [2.75, 3.05) is 13.2 Å². The van der Waals surface area contributed by atoms with Crippen LogP contribution in [0.1, 0.15) is 65.2 Å². The highest BCUT2D eigenvalue weighted by Crippen LogP contribution is 2.12. The van der Waals surface area contributed by atoms with Gasteiger partial charge in [0.1, 0.15) is 6.29 Å². The van der Waals surface area contributed by atoms with Crippen molar-refractivity contribution in [3.05, 3.63) is 24.8 Å². The molecule has 0 amide bonds. The van der Waals surface area contributed by atoms with Gasteiger partial charge in [0.25, 0.3) is 0 Å². The van der Waals surface area contributed by atoms with Crippen molar-refractivity contribution < 1.29 is 14.3 Å². The van der Waals surface area contributed by atoms with Gasteiger partial charge in [0.15, 0.2) is 6.29 Å². The number of aldehydes is 1. The summed E-state index contributed by atoms with van der Waals surface area (Å²) in [5, 5.41) is 0. The summed E-state index contributed by atoms with van der Waals surface area (Å²) in [6.45, 7) is 9.09. The molecule has 0 aliphatic rings. The third kappa shape index (κ3) is 12.8. The smallest absolute Gasteiger partial charge is 0.157 e. The summed E-state index contributed by atoms with van der Waals surface area (Å²) in [7, 11) is 0. The number of carbonyl (C=O) groups excluding carboxylic acids is 1. The molecular weight excluding hydrogens is 276 g/mol. The minimum absolute atomic E-state index is 0.0199. The third-order valence-corrected chi connectivity index (χ3v) is 3.57. The van der Waals surface area contributed by atoms with Crippen LogP contribution in [0.5, 0.6) is 0 Å². The Labute approximate surface area is 136 Å². The molecule has 0 aromatic carbocycles. The summed E-state index contributed by atoms with van der Waals surface area (Å²) < 4.78 is 11.1. The molecule has 1 unspecified atom stereocenters. The average molecular weight is 310 g/mol. The lowest BCUT2D eigenvalue weighted by Crippen LogP contribution is -2.17. The van der Waals surface area contributed by atoms with Crippen molar-refractivity contribution in [3.63, 3.8) is 0 Å². The molecule has 1 atom stereocenters. The summed E-state index contributed by atoms with van der Waals surface area (Å²) in [5.74, 6) is -0.0279. The highest BCUT2D eigenvalue weighted by molar-refractivity contribution is 5.56. The molecule has 0 N–H and O–H groups in total. The van der Waals surface area contributed by atoms with Gasteiger partial charge >= 0.3 is 0 Å². The Morgan fingerprint density at radius 2 is 1.59 bits per heavy atom. The molecule has 3 heteroatoms. The largest absolute Gasteiger partial charge is 0.353 e. The van der Waals surface area contributed by atoms with Crippen LogP contribution in [0.3, 0.4) is 0 Å².